The highest BCUT2D eigenvalue weighted by atomic mass is 14.2. The van der Waals surface area contributed by atoms with Gasteiger partial charge in [0.2, 0.25) is 0 Å². The molecule has 0 unspecified atom stereocenters. The maximum absolute atomic E-state index is 2.35. The predicted molar refractivity (Wildman–Crippen MR) is 182 cm³/mol. The van der Waals surface area contributed by atoms with Crippen molar-refractivity contribution in [1.82, 2.24) is 0 Å². The minimum atomic E-state index is 1.25. The van der Waals surface area contributed by atoms with Gasteiger partial charge in [0.05, 0.1) is 0 Å². The van der Waals surface area contributed by atoms with E-state index >= 15 is 0 Å². The summed E-state index contributed by atoms with van der Waals surface area (Å²) in [7, 11) is 0. The summed E-state index contributed by atoms with van der Waals surface area (Å²) < 4.78 is 0. The monoisotopic (exact) mass is 528 g/mol. The van der Waals surface area contributed by atoms with Gasteiger partial charge in [-0.05, 0) is 134 Å². The highest BCUT2D eigenvalue weighted by molar-refractivity contribution is 6.25. The first-order valence-corrected chi connectivity index (χ1v) is 14.7. The molecular formula is C42H24. The van der Waals surface area contributed by atoms with Crippen LogP contribution in [-0.2, 0) is 0 Å². The van der Waals surface area contributed by atoms with Crippen molar-refractivity contribution in [3.63, 3.8) is 0 Å². The first-order valence-electron chi connectivity index (χ1n) is 14.7. The largest absolute Gasteiger partial charge is 0.0610 e. The molecule has 10 aromatic rings. The van der Waals surface area contributed by atoms with Gasteiger partial charge in [-0.15, -0.1) is 0 Å². The maximum atomic E-state index is 2.35. The Labute approximate surface area is 242 Å². The standard InChI is InChI=1S/C42H24/c1-3-25-7-15-33-21-37(22-34-16-8-26(4-1)39(25)41(33)34)31-13-11-30-20-32(14-12-29(30)19-31)38-23-35-17-9-27-5-2-6-28-10-18-36(24-38)42(35)40(27)28/h1-24H. The van der Waals surface area contributed by atoms with Gasteiger partial charge < -0.3 is 0 Å². The van der Waals surface area contributed by atoms with E-state index in [1.54, 1.807) is 0 Å². The van der Waals surface area contributed by atoms with Crippen LogP contribution in [0.2, 0.25) is 0 Å². The second-order valence-corrected chi connectivity index (χ2v) is 11.8. The van der Waals surface area contributed by atoms with E-state index in [2.05, 4.69) is 146 Å². The summed E-state index contributed by atoms with van der Waals surface area (Å²) in [5.41, 5.74) is 5.03. The number of benzene rings is 10. The van der Waals surface area contributed by atoms with Crippen molar-refractivity contribution in [1.29, 1.82) is 0 Å². The van der Waals surface area contributed by atoms with Crippen molar-refractivity contribution in [3.8, 4) is 22.3 Å². The fourth-order valence-electron chi connectivity index (χ4n) is 7.45. The Kier molecular flexibility index (Phi) is 4.27. The Morgan fingerprint density at radius 3 is 0.810 bits per heavy atom. The van der Waals surface area contributed by atoms with Crippen LogP contribution in [0.3, 0.4) is 0 Å². The first kappa shape index (κ1) is 22.3. The third-order valence-corrected chi connectivity index (χ3v) is 9.43. The van der Waals surface area contributed by atoms with Gasteiger partial charge in [-0.2, -0.15) is 0 Å². The fraction of sp³-hybridized carbons (Fsp3) is 0. The van der Waals surface area contributed by atoms with E-state index in [9.17, 15) is 0 Å². The first-order chi connectivity index (χ1) is 20.8. The van der Waals surface area contributed by atoms with Crippen molar-refractivity contribution in [2.45, 2.75) is 0 Å². The molecule has 0 saturated heterocycles. The molecule has 0 radical (unpaired) electrons. The molecule has 192 valence electrons. The van der Waals surface area contributed by atoms with Crippen LogP contribution in [0.5, 0.6) is 0 Å². The van der Waals surface area contributed by atoms with Crippen LogP contribution >= 0.6 is 0 Å². The topological polar surface area (TPSA) is 0 Å². The van der Waals surface area contributed by atoms with Crippen LogP contribution in [-0.4, -0.2) is 0 Å². The van der Waals surface area contributed by atoms with E-state index in [-0.39, 0.29) is 0 Å². The molecule has 0 saturated carbocycles. The Hall–Kier alpha value is -5.46. The third-order valence-electron chi connectivity index (χ3n) is 9.43. The number of hydrogen-bond donors (Lipinski definition) is 0. The van der Waals surface area contributed by atoms with Gasteiger partial charge in [0.1, 0.15) is 0 Å². The van der Waals surface area contributed by atoms with Gasteiger partial charge in [0, 0.05) is 0 Å². The molecule has 0 spiro atoms. The molecule has 42 heavy (non-hydrogen) atoms. The van der Waals surface area contributed by atoms with E-state index in [1.807, 2.05) is 0 Å². The molecule has 0 atom stereocenters. The second kappa shape index (κ2) is 8.06. The molecule has 10 rings (SSSR count). The lowest BCUT2D eigenvalue weighted by molar-refractivity contribution is 1.67. The summed E-state index contributed by atoms with van der Waals surface area (Å²) in [5, 5.41) is 18.5. The number of fused-ring (bicyclic) bond motifs is 1. The van der Waals surface area contributed by atoms with Crippen LogP contribution in [0, 0.1) is 0 Å². The molecule has 0 aliphatic heterocycles. The zero-order valence-corrected chi connectivity index (χ0v) is 22.9. The summed E-state index contributed by atoms with van der Waals surface area (Å²) in [6.45, 7) is 0. The van der Waals surface area contributed by atoms with E-state index in [4.69, 9.17) is 0 Å². The highest BCUT2D eigenvalue weighted by Gasteiger charge is 2.12. The van der Waals surface area contributed by atoms with E-state index < -0.39 is 0 Å². The Morgan fingerprint density at radius 1 is 0.190 bits per heavy atom. The quantitative estimate of drug-likeness (QED) is 0.196. The lowest BCUT2D eigenvalue weighted by atomic mass is 9.90. The van der Waals surface area contributed by atoms with E-state index in [0.717, 1.165) is 0 Å². The van der Waals surface area contributed by atoms with Crippen molar-refractivity contribution in [2.75, 3.05) is 0 Å². The Bertz CT molecular complexity index is 2360. The molecule has 0 bridgehead atoms. The van der Waals surface area contributed by atoms with Crippen LogP contribution in [0.4, 0.5) is 0 Å². The van der Waals surface area contributed by atoms with Crippen LogP contribution in [0.15, 0.2) is 146 Å². The smallest absolute Gasteiger partial charge is 0.00264 e. The van der Waals surface area contributed by atoms with Crippen LogP contribution in [0.1, 0.15) is 0 Å². The zero-order valence-electron chi connectivity index (χ0n) is 22.9. The molecule has 0 aliphatic rings. The van der Waals surface area contributed by atoms with Gasteiger partial charge >= 0.3 is 0 Å². The van der Waals surface area contributed by atoms with Gasteiger partial charge in [0.25, 0.3) is 0 Å². The molecular weight excluding hydrogens is 504 g/mol. The molecule has 0 heteroatoms. The zero-order chi connectivity index (χ0) is 27.4. The lowest BCUT2D eigenvalue weighted by Gasteiger charge is -2.14. The average Bonchev–Trinajstić information content (AvgIpc) is 3.05. The fourth-order valence-corrected chi connectivity index (χ4v) is 7.45. The van der Waals surface area contributed by atoms with Crippen molar-refractivity contribution >= 4 is 75.4 Å². The second-order valence-electron chi connectivity index (χ2n) is 11.8. The number of hydrogen-bond acceptors (Lipinski definition) is 0. The molecule has 0 heterocycles. The molecule has 0 aromatic heterocycles. The van der Waals surface area contributed by atoms with Gasteiger partial charge in [0.15, 0.2) is 0 Å². The highest BCUT2D eigenvalue weighted by Crippen LogP contribution is 2.40. The molecule has 0 nitrogen and oxygen atoms in total. The molecule has 0 fully saturated rings. The van der Waals surface area contributed by atoms with Crippen molar-refractivity contribution in [3.05, 3.63) is 146 Å². The minimum Gasteiger partial charge on any atom is -0.0610 e. The summed E-state index contributed by atoms with van der Waals surface area (Å²) in [5.74, 6) is 0. The Morgan fingerprint density at radius 2 is 0.452 bits per heavy atom. The van der Waals surface area contributed by atoms with Crippen molar-refractivity contribution in [2.24, 2.45) is 0 Å². The predicted octanol–water partition coefficient (Wildman–Crippen LogP) is 12.0. The SMILES string of the molecule is c1cc2ccc3cc(-c4ccc5cc(-c6cc7ccc8cccc9ccc(c6)c7c89)ccc5c4)cc4ccc(c1)c2c34. The molecule has 10 aromatic carbocycles. The number of rotatable bonds is 2. The summed E-state index contributed by atoms with van der Waals surface area (Å²) in [6, 6.07) is 54.5. The molecule has 0 amide bonds. The molecule has 0 aliphatic carbocycles. The summed E-state index contributed by atoms with van der Waals surface area (Å²) in [6.07, 6.45) is 0. The summed E-state index contributed by atoms with van der Waals surface area (Å²) >= 11 is 0. The van der Waals surface area contributed by atoms with Gasteiger partial charge in [-0.25, -0.2) is 0 Å². The average molecular weight is 529 g/mol. The Balaban J connectivity index is 1.09. The van der Waals surface area contributed by atoms with Gasteiger partial charge in [-0.3, -0.25) is 0 Å². The van der Waals surface area contributed by atoms with E-state index in [1.165, 1.54) is 97.7 Å². The lowest BCUT2D eigenvalue weighted by Crippen LogP contribution is -1.87. The normalized spacial score (nSPS) is 12.3. The minimum absolute atomic E-state index is 1.25. The molecule has 0 N–H and O–H groups in total. The van der Waals surface area contributed by atoms with Gasteiger partial charge in [-0.1, -0.05) is 109 Å². The van der Waals surface area contributed by atoms with Crippen LogP contribution in [0.25, 0.3) is 97.7 Å². The maximum Gasteiger partial charge on any atom is -0.00264 e. The van der Waals surface area contributed by atoms with E-state index in [0.29, 0.717) is 0 Å². The van der Waals surface area contributed by atoms with Crippen LogP contribution < -0.4 is 0 Å². The summed E-state index contributed by atoms with van der Waals surface area (Å²) in [4.78, 5) is 0. The van der Waals surface area contributed by atoms with Crippen molar-refractivity contribution < 1.29 is 0 Å². The third kappa shape index (κ3) is 3.07.